The summed E-state index contributed by atoms with van der Waals surface area (Å²) in [6.45, 7) is 10.2. The van der Waals surface area contributed by atoms with Crippen molar-refractivity contribution in [2.75, 3.05) is 18.5 Å². The van der Waals surface area contributed by atoms with Crippen LogP contribution in [-0.4, -0.2) is 30.6 Å². The Hall–Kier alpha value is -2.18. The molecule has 0 spiro atoms. The van der Waals surface area contributed by atoms with E-state index in [4.69, 9.17) is 4.74 Å². The zero-order chi connectivity index (χ0) is 19.3. The fourth-order valence-corrected chi connectivity index (χ4v) is 3.29. The molecule has 140 valence electrons. The van der Waals surface area contributed by atoms with E-state index in [1.165, 1.54) is 11.3 Å². The Balaban J connectivity index is 2.30. The monoisotopic (exact) mass is 374 g/mol. The first-order valence-electron chi connectivity index (χ1n) is 8.62. The molecule has 2 N–H and O–H groups in total. The van der Waals surface area contributed by atoms with Gasteiger partial charge in [0.2, 0.25) is 5.91 Å². The molecule has 0 aliphatic carbocycles. The lowest BCUT2D eigenvalue weighted by Gasteiger charge is -2.20. The summed E-state index contributed by atoms with van der Waals surface area (Å²) in [5.41, 5.74) is 3.08. The highest BCUT2D eigenvalue weighted by Crippen LogP contribution is 2.36. The molecule has 6 heteroatoms. The van der Waals surface area contributed by atoms with Crippen LogP contribution in [0.2, 0.25) is 0 Å². The highest BCUT2D eigenvalue weighted by molar-refractivity contribution is 7.15. The Morgan fingerprint density at radius 1 is 1.15 bits per heavy atom. The molecule has 1 heterocycles. The van der Waals surface area contributed by atoms with Crippen molar-refractivity contribution in [1.29, 1.82) is 0 Å². The van der Waals surface area contributed by atoms with E-state index in [-0.39, 0.29) is 24.6 Å². The largest absolute Gasteiger partial charge is 0.462 e. The number of hydrogen-bond donors (Lipinski definition) is 2. The number of ether oxygens (including phenoxy) is 1. The Kier molecular flexibility index (Phi) is 6.56. The number of carbonyl (C=O) groups is 2. The molecule has 0 bridgehead atoms. The maximum atomic E-state index is 12.5. The Morgan fingerprint density at radius 3 is 2.38 bits per heavy atom. The van der Waals surface area contributed by atoms with Crippen molar-refractivity contribution in [2.24, 2.45) is 0 Å². The molecule has 1 aromatic heterocycles. The van der Waals surface area contributed by atoms with E-state index < -0.39 is 5.97 Å². The molecular formula is C20H26N2O3S. The van der Waals surface area contributed by atoms with E-state index in [1.54, 1.807) is 6.92 Å². The van der Waals surface area contributed by atoms with Gasteiger partial charge in [-0.1, -0.05) is 29.8 Å². The highest BCUT2D eigenvalue weighted by Gasteiger charge is 2.23. The van der Waals surface area contributed by atoms with Crippen molar-refractivity contribution in [1.82, 2.24) is 5.32 Å². The van der Waals surface area contributed by atoms with Gasteiger partial charge in [0.25, 0.3) is 0 Å². The number of amides is 1. The molecule has 0 fully saturated rings. The third-order valence-electron chi connectivity index (χ3n) is 3.67. The van der Waals surface area contributed by atoms with Gasteiger partial charge in [0.05, 0.1) is 13.2 Å². The number of anilines is 1. The number of thiophene rings is 1. The zero-order valence-corrected chi connectivity index (χ0v) is 16.8. The third kappa shape index (κ3) is 5.41. The fraction of sp³-hybridized carbons (Fsp3) is 0.400. The van der Waals surface area contributed by atoms with E-state index in [2.05, 4.69) is 10.6 Å². The van der Waals surface area contributed by atoms with Crippen molar-refractivity contribution in [3.05, 3.63) is 40.8 Å². The van der Waals surface area contributed by atoms with E-state index in [0.717, 1.165) is 16.7 Å². The molecule has 5 nitrogen and oxygen atoms in total. The first-order valence-corrected chi connectivity index (χ1v) is 9.49. The molecular weight excluding hydrogens is 348 g/mol. The number of esters is 1. The van der Waals surface area contributed by atoms with Crippen LogP contribution in [0.5, 0.6) is 0 Å². The smallest absolute Gasteiger partial charge is 0.341 e. The quantitative estimate of drug-likeness (QED) is 0.743. The third-order valence-corrected chi connectivity index (χ3v) is 4.56. The van der Waals surface area contributed by atoms with Crippen LogP contribution in [0, 0.1) is 6.92 Å². The molecule has 2 aromatic rings. The van der Waals surface area contributed by atoms with Crippen molar-refractivity contribution in [3.63, 3.8) is 0 Å². The van der Waals surface area contributed by atoms with Gasteiger partial charge >= 0.3 is 5.97 Å². The minimum Gasteiger partial charge on any atom is -0.462 e. The average Bonchev–Trinajstić information content (AvgIpc) is 2.97. The molecule has 1 aromatic carbocycles. The number of benzene rings is 1. The van der Waals surface area contributed by atoms with Crippen molar-refractivity contribution in [3.8, 4) is 11.1 Å². The number of nitrogens with one attached hydrogen (secondary N) is 2. The molecule has 0 aliphatic rings. The lowest BCUT2D eigenvalue weighted by atomic mass is 10.0. The highest BCUT2D eigenvalue weighted by atomic mass is 32.1. The summed E-state index contributed by atoms with van der Waals surface area (Å²) in [4.78, 5) is 24.8. The summed E-state index contributed by atoms with van der Waals surface area (Å²) in [5, 5.41) is 8.37. The zero-order valence-electron chi connectivity index (χ0n) is 15.9. The van der Waals surface area contributed by atoms with Crippen LogP contribution in [0.25, 0.3) is 11.1 Å². The van der Waals surface area contributed by atoms with Gasteiger partial charge in [-0.05, 0) is 40.2 Å². The first-order chi connectivity index (χ1) is 12.2. The van der Waals surface area contributed by atoms with Crippen LogP contribution >= 0.6 is 11.3 Å². The number of rotatable bonds is 6. The molecule has 0 atom stereocenters. The van der Waals surface area contributed by atoms with Gasteiger partial charge in [-0.15, -0.1) is 11.3 Å². The number of carbonyl (C=O) groups excluding carboxylic acids is 2. The van der Waals surface area contributed by atoms with Gasteiger partial charge in [0, 0.05) is 16.5 Å². The van der Waals surface area contributed by atoms with E-state index in [9.17, 15) is 9.59 Å². The van der Waals surface area contributed by atoms with Gasteiger partial charge < -0.3 is 15.4 Å². The molecule has 2 rings (SSSR count). The topological polar surface area (TPSA) is 67.4 Å². The minimum atomic E-state index is -0.427. The van der Waals surface area contributed by atoms with Gasteiger partial charge in [-0.3, -0.25) is 4.79 Å². The number of hydrogen-bond acceptors (Lipinski definition) is 5. The molecule has 0 aliphatic heterocycles. The van der Waals surface area contributed by atoms with Crippen LogP contribution in [0.3, 0.4) is 0 Å². The normalized spacial score (nSPS) is 11.3. The van der Waals surface area contributed by atoms with E-state index >= 15 is 0 Å². The Morgan fingerprint density at radius 2 is 1.81 bits per heavy atom. The van der Waals surface area contributed by atoms with Crippen LogP contribution in [-0.2, 0) is 9.53 Å². The minimum absolute atomic E-state index is 0.163. The van der Waals surface area contributed by atoms with Gasteiger partial charge in [0.15, 0.2) is 0 Å². The fourth-order valence-electron chi connectivity index (χ4n) is 2.32. The van der Waals surface area contributed by atoms with Crippen molar-refractivity contribution < 1.29 is 14.3 Å². The second-order valence-corrected chi connectivity index (χ2v) is 7.97. The molecule has 0 saturated heterocycles. The van der Waals surface area contributed by atoms with Crippen LogP contribution in [0.4, 0.5) is 5.00 Å². The van der Waals surface area contributed by atoms with E-state index in [1.807, 2.05) is 57.3 Å². The number of aryl methyl sites for hydroxylation is 1. The van der Waals surface area contributed by atoms with Crippen molar-refractivity contribution in [2.45, 2.75) is 40.2 Å². The summed E-state index contributed by atoms with van der Waals surface area (Å²) in [6.07, 6.45) is 0. The molecule has 1 amide bonds. The molecule has 0 radical (unpaired) electrons. The summed E-state index contributed by atoms with van der Waals surface area (Å²) in [6, 6.07) is 7.92. The standard InChI is InChI=1S/C20H26N2O3S/c1-6-25-19(24)17-15(14-9-7-13(2)8-10-14)12-26-18(17)22-16(23)11-21-20(3,4)5/h7-10,12,21H,6,11H2,1-5H3,(H,22,23). The summed E-state index contributed by atoms with van der Waals surface area (Å²) in [7, 11) is 0. The van der Waals surface area contributed by atoms with Crippen LogP contribution < -0.4 is 10.6 Å². The average molecular weight is 375 g/mol. The van der Waals surface area contributed by atoms with Crippen molar-refractivity contribution >= 4 is 28.2 Å². The van der Waals surface area contributed by atoms with Gasteiger partial charge in [-0.2, -0.15) is 0 Å². The predicted octanol–water partition coefficient (Wildman–Crippen LogP) is 4.23. The molecule has 0 unspecified atom stereocenters. The SMILES string of the molecule is CCOC(=O)c1c(-c2ccc(C)cc2)csc1NC(=O)CNC(C)(C)C. The van der Waals surface area contributed by atoms with Crippen LogP contribution in [0.15, 0.2) is 29.6 Å². The van der Waals surface area contributed by atoms with E-state index in [0.29, 0.717) is 10.6 Å². The first kappa shape index (κ1) is 20.1. The van der Waals surface area contributed by atoms with Gasteiger partial charge in [0.1, 0.15) is 10.6 Å². The molecule has 0 saturated carbocycles. The second kappa shape index (κ2) is 8.47. The maximum Gasteiger partial charge on any atom is 0.341 e. The second-order valence-electron chi connectivity index (χ2n) is 7.09. The Bertz CT molecular complexity index is 773. The Labute approximate surface area is 158 Å². The lowest BCUT2D eigenvalue weighted by Crippen LogP contribution is -2.41. The maximum absolute atomic E-state index is 12.5. The summed E-state index contributed by atoms with van der Waals surface area (Å²) < 4.78 is 5.21. The summed E-state index contributed by atoms with van der Waals surface area (Å²) in [5.74, 6) is -0.619. The summed E-state index contributed by atoms with van der Waals surface area (Å²) >= 11 is 1.33. The van der Waals surface area contributed by atoms with Gasteiger partial charge in [-0.25, -0.2) is 4.79 Å². The predicted molar refractivity (Wildman–Crippen MR) is 107 cm³/mol. The lowest BCUT2D eigenvalue weighted by molar-refractivity contribution is -0.115. The molecule has 26 heavy (non-hydrogen) atoms. The van der Waals surface area contributed by atoms with Crippen LogP contribution in [0.1, 0.15) is 43.6 Å².